The molecule has 19 heavy (non-hydrogen) atoms. The number of hydrogen-bond donors (Lipinski definition) is 1. The number of aryl methyl sites for hydroxylation is 1. The summed E-state index contributed by atoms with van der Waals surface area (Å²) in [7, 11) is 0. The van der Waals surface area contributed by atoms with Crippen molar-refractivity contribution < 1.29 is 0 Å². The van der Waals surface area contributed by atoms with Crippen LogP contribution in [0.5, 0.6) is 0 Å². The molecule has 1 aliphatic heterocycles. The summed E-state index contributed by atoms with van der Waals surface area (Å²) in [5.74, 6) is 1.06. The lowest BCUT2D eigenvalue weighted by molar-refractivity contribution is 0.208. The van der Waals surface area contributed by atoms with Crippen molar-refractivity contribution in [3.05, 3.63) is 47.0 Å². The summed E-state index contributed by atoms with van der Waals surface area (Å²) >= 11 is 0. The van der Waals surface area contributed by atoms with E-state index in [0.717, 1.165) is 32.0 Å². The zero-order chi connectivity index (χ0) is 13.2. The fourth-order valence-electron chi connectivity index (χ4n) is 2.55. The van der Waals surface area contributed by atoms with Gasteiger partial charge in [-0.1, -0.05) is 18.2 Å². The average Bonchev–Trinajstić information content (AvgIpc) is 2.88. The number of aromatic nitrogens is 3. The lowest BCUT2D eigenvalue weighted by Gasteiger charge is -2.27. The van der Waals surface area contributed by atoms with Crippen molar-refractivity contribution in [3.8, 4) is 0 Å². The van der Waals surface area contributed by atoms with E-state index in [1.165, 1.54) is 16.7 Å². The normalized spacial score (nSPS) is 15.5. The average molecular weight is 257 g/mol. The molecule has 2 N–H and O–H groups in total. The van der Waals surface area contributed by atoms with E-state index in [4.69, 9.17) is 5.73 Å². The number of nitrogens with two attached hydrogens (primary N) is 1. The van der Waals surface area contributed by atoms with Crippen LogP contribution >= 0.6 is 0 Å². The number of hydrogen-bond acceptors (Lipinski definition) is 4. The summed E-state index contributed by atoms with van der Waals surface area (Å²) in [6, 6.07) is 6.49. The molecule has 100 valence electrons. The summed E-state index contributed by atoms with van der Waals surface area (Å²) < 4.78 is 2.13. The van der Waals surface area contributed by atoms with Gasteiger partial charge >= 0.3 is 0 Å². The van der Waals surface area contributed by atoms with E-state index in [9.17, 15) is 0 Å². The van der Waals surface area contributed by atoms with Gasteiger partial charge in [0.1, 0.15) is 12.2 Å². The van der Waals surface area contributed by atoms with E-state index in [0.29, 0.717) is 6.54 Å². The highest BCUT2D eigenvalue weighted by atomic mass is 15.3. The number of fused-ring (bicyclic) bond motifs is 1. The molecule has 0 aliphatic carbocycles. The first-order valence-electron chi connectivity index (χ1n) is 6.64. The van der Waals surface area contributed by atoms with Crippen molar-refractivity contribution in [1.82, 2.24) is 19.7 Å². The maximum Gasteiger partial charge on any atom is 0.147 e. The van der Waals surface area contributed by atoms with Gasteiger partial charge in [0.2, 0.25) is 0 Å². The van der Waals surface area contributed by atoms with Crippen LogP contribution in [-0.2, 0) is 26.2 Å². The van der Waals surface area contributed by atoms with Crippen LogP contribution in [0, 0.1) is 6.92 Å². The SMILES string of the molecule is Cc1cc(CN)ccc1CN1CCn2cnnc2C1. The molecule has 0 saturated heterocycles. The Morgan fingerprint density at radius 1 is 1.32 bits per heavy atom. The van der Waals surface area contributed by atoms with E-state index in [-0.39, 0.29) is 0 Å². The Hall–Kier alpha value is -1.72. The molecule has 2 aromatic rings. The predicted octanol–water partition coefficient (Wildman–Crippen LogP) is 1.06. The molecule has 3 rings (SSSR count). The third kappa shape index (κ3) is 2.52. The number of rotatable bonds is 3. The van der Waals surface area contributed by atoms with Crippen LogP contribution in [0.2, 0.25) is 0 Å². The molecule has 5 heteroatoms. The zero-order valence-electron chi connectivity index (χ0n) is 11.2. The molecular formula is C14H19N5. The van der Waals surface area contributed by atoms with Crippen molar-refractivity contribution in [3.63, 3.8) is 0 Å². The summed E-state index contributed by atoms with van der Waals surface area (Å²) in [4.78, 5) is 2.41. The van der Waals surface area contributed by atoms with Crippen molar-refractivity contribution >= 4 is 0 Å². The highest BCUT2D eigenvalue weighted by Gasteiger charge is 2.17. The Kier molecular flexibility index (Phi) is 3.31. The van der Waals surface area contributed by atoms with Gasteiger partial charge in [0.05, 0.1) is 6.54 Å². The van der Waals surface area contributed by atoms with Crippen molar-refractivity contribution in [1.29, 1.82) is 0 Å². The molecule has 1 aromatic heterocycles. The van der Waals surface area contributed by atoms with Crippen molar-refractivity contribution in [2.24, 2.45) is 5.73 Å². The first kappa shape index (κ1) is 12.3. The molecule has 0 bridgehead atoms. The summed E-state index contributed by atoms with van der Waals surface area (Å²) in [5.41, 5.74) is 9.54. The van der Waals surface area contributed by atoms with E-state index in [1.54, 1.807) is 0 Å². The number of benzene rings is 1. The smallest absolute Gasteiger partial charge is 0.147 e. The molecule has 0 unspecified atom stereocenters. The van der Waals surface area contributed by atoms with Crippen LogP contribution in [0.4, 0.5) is 0 Å². The third-order valence-corrected chi connectivity index (χ3v) is 3.75. The van der Waals surface area contributed by atoms with E-state index < -0.39 is 0 Å². The fourth-order valence-corrected chi connectivity index (χ4v) is 2.55. The van der Waals surface area contributed by atoms with Gasteiger partial charge in [0.25, 0.3) is 0 Å². The second-order valence-electron chi connectivity index (χ2n) is 5.12. The van der Waals surface area contributed by atoms with Gasteiger partial charge in [-0.2, -0.15) is 0 Å². The standard InChI is InChI=1S/C14H19N5/c1-11-6-12(7-15)2-3-13(11)8-18-4-5-19-10-16-17-14(19)9-18/h2-3,6,10H,4-5,7-9,15H2,1H3. The largest absolute Gasteiger partial charge is 0.326 e. The molecule has 1 aromatic carbocycles. The quantitative estimate of drug-likeness (QED) is 0.893. The van der Waals surface area contributed by atoms with Gasteiger partial charge in [-0.15, -0.1) is 10.2 Å². The summed E-state index contributed by atoms with van der Waals surface area (Å²) in [5, 5.41) is 8.11. The maximum absolute atomic E-state index is 5.67. The van der Waals surface area contributed by atoms with Crippen molar-refractivity contribution in [2.75, 3.05) is 6.54 Å². The second-order valence-corrected chi connectivity index (χ2v) is 5.12. The molecular weight excluding hydrogens is 238 g/mol. The molecule has 2 heterocycles. The molecule has 5 nitrogen and oxygen atoms in total. The van der Waals surface area contributed by atoms with Gasteiger partial charge in [0.15, 0.2) is 0 Å². The molecule has 0 saturated carbocycles. The third-order valence-electron chi connectivity index (χ3n) is 3.75. The number of nitrogens with zero attached hydrogens (tertiary/aromatic N) is 4. The van der Waals surface area contributed by atoms with Gasteiger partial charge in [-0.05, 0) is 23.6 Å². The predicted molar refractivity (Wildman–Crippen MR) is 73.2 cm³/mol. The van der Waals surface area contributed by atoms with E-state index >= 15 is 0 Å². The van der Waals surface area contributed by atoms with Gasteiger partial charge in [-0.3, -0.25) is 4.90 Å². The van der Waals surface area contributed by atoms with Crippen molar-refractivity contribution in [2.45, 2.75) is 33.1 Å². The molecule has 0 amide bonds. The van der Waals surface area contributed by atoms with Crippen LogP contribution in [0.15, 0.2) is 24.5 Å². The van der Waals surface area contributed by atoms with Crippen LogP contribution in [0.25, 0.3) is 0 Å². The molecule has 0 fully saturated rings. The fraction of sp³-hybridized carbons (Fsp3) is 0.429. The summed E-state index contributed by atoms with van der Waals surface area (Å²) in [6.07, 6.45) is 1.81. The van der Waals surface area contributed by atoms with Crippen LogP contribution in [0.3, 0.4) is 0 Å². The maximum atomic E-state index is 5.67. The first-order valence-corrected chi connectivity index (χ1v) is 6.64. The molecule has 0 atom stereocenters. The molecule has 0 spiro atoms. The molecule has 0 radical (unpaired) electrons. The lowest BCUT2D eigenvalue weighted by Crippen LogP contribution is -2.33. The Balaban J connectivity index is 1.73. The van der Waals surface area contributed by atoms with E-state index in [2.05, 4.69) is 44.8 Å². The highest BCUT2D eigenvalue weighted by molar-refractivity contribution is 5.31. The Morgan fingerprint density at radius 3 is 3.00 bits per heavy atom. The van der Waals surface area contributed by atoms with Crippen LogP contribution in [0.1, 0.15) is 22.5 Å². The Labute approximate surface area is 113 Å². The second kappa shape index (κ2) is 5.11. The minimum atomic E-state index is 0.605. The summed E-state index contributed by atoms with van der Waals surface area (Å²) in [6.45, 7) is 6.61. The Bertz CT molecular complexity index is 575. The van der Waals surface area contributed by atoms with Gasteiger partial charge < -0.3 is 10.3 Å². The van der Waals surface area contributed by atoms with Gasteiger partial charge in [0, 0.05) is 26.2 Å². The van der Waals surface area contributed by atoms with Crippen LogP contribution in [-0.4, -0.2) is 26.2 Å². The van der Waals surface area contributed by atoms with E-state index in [1.807, 2.05) is 6.33 Å². The Morgan fingerprint density at radius 2 is 2.21 bits per heavy atom. The lowest BCUT2D eigenvalue weighted by atomic mass is 10.0. The minimum absolute atomic E-state index is 0.605. The zero-order valence-corrected chi connectivity index (χ0v) is 11.2. The van der Waals surface area contributed by atoms with Gasteiger partial charge in [-0.25, -0.2) is 0 Å². The topological polar surface area (TPSA) is 60.0 Å². The monoisotopic (exact) mass is 257 g/mol. The first-order chi connectivity index (χ1) is 9.26. The molecule has 1 aliphatic rings. The highest BCUT2D eigenvalue weighted by Crippen LogP contribution is 2.17. The van der Waals surface area contributed by atoms with Crippen LogP contribution < -0.4 is 5.73 Å². The minimum Gasteiger partial charge on any atom is -0.326 e.